The topological polar surface area (TPSA) is 20.3 Å². The summed E-state index contributed by atoms with van der Waals surface area (Å²) in [6, 6.07) is 1.07. The van der Waals surface area contributed by atoms with Crippen LogP contribution in [-0.2, 0) is 4.79 Å². The second-order valence-electron chi connectivity index (χ2n) is 7.28. The minimum atomic E-state index is 0.533. The molecular weight excluding hydrogens is 234 g/mol. The molecule has 0 aliphatic heterocycles. The predicted octanol–water partition coefficient (Wildman–Crippen LogP) is 4.24. The summed E-state index contributed by atoms with van der Waals surface area (Å²) < 4.78 is 0. The summed E-state index contributed by atoms with van der Waals surface area (Å²) in [6.45, 7) is 7.02. The number of carbonyl (C=O) groups excluding carboxylic acids is 1. The highest BCUT2D eigenvalue weighted by atomic mass is 16.1. The van der Waals surface area contributed by atoms with Crippen molar-refractivity contribution < 1.29 is 4.79 Å². The number of rotatable bonds is 4. The molecule has 0 heterocycles. The van der Waals surface area contributed by atoms with Crippen LogP contribution in [-0.4, -0.2) is 23.4 Å². The van der Waals surface area contributed by atoms with Crippen LogP contribution in [0.15, 0.2) is 0 Å². The lowest BCUT2D eigenvalue weighted by molar-refractivity contribution is -0.124. The van der Waals surface area contributed by atoms with Crippen LogP contribution in [0.25, 0.3) is 0 Å². The Labute approximate surface area is 118 Å². The summed E-state index contributed by atoms with van der Waals surface area (Å²) in [5.41, 5.74) is 0. The largest absolute Gasteiger partial charge is 0.339 e. The number of nitrogens with zero attached hydrogens (tertiary/aromatic N) is 1. The van der Waals surface area contributed by atoms with Crippen molar-refractivity contribution in [1.29, 1.82) is 0 Å². The Morgan fingerprint density at radius 1 is 0.895 bits per heavy atom. The van der Waals surface area contributed by atoms with E-state index in [1.165, 1.54) is 51.4 Å². The van der Waals surface area contributed by atoms with Crippen LogP contribution in [0.1, 0.15) is 72.1 Å². The second-order valence-corrected chi connectivity index (χ2v) is 7.28. The molecule has 2 saturated carbocycles. The highest BCUT2D eigenvalue weighted by Gasteiger charge is 2.31. The van der Waals surface area contributed by atoms with Crippen LogP contribution in [0.3, 0.4) is 0 Å². The van der Waals surface area contributed by atoms with E-state index < -0.39 is 0 Å². The number of carbonyl (C=O) groups is 1. The number of hydrogen-bond donors (Lipinski definition) is 0. The summed E-state index contributed by atoms with van der Waals surface area (Å²) in [5, 5.41) is 0. The van der Waals surface area contributed by atoms with Gasteiger partial charge in [-0.2, -0.15) is 0 Å². The molecule has 0 N–H and O–H groups in total. The van der Waals surface area contributed by atoms with E-state index in [4.69, 9.17) is 0 Å². The zero-order chi connectivity index (χ0) is 13.8. The van der Waals surface area contributed by atoms with Crippen molar-refractivity contribution in [1.82, 2.24) is 4.90 Å². The first kappa shape index (κ1) is 14.9. The lowest BCUT2D eigenvalue weighted by Crippen LogP contribution is -2.45. The molecule has 0 unspecified atom stereocenters. The van der Waals surface area contributed by atoms with Gasteiger partial charge in [-0.05, 0) is 69.1 Å². The molecule has 0 spiro atoms. The predicted molar refractivity (Wildman–Crippen MR) is 79.9 cm³/mol. The van der Waals surface area contributed by atoms with Crippen LogP contribution >= 0.6 is 0 Å². The Kier molecular flexibility index (Phi) is 5.29. The van der Waals surface area contributed by atoms with Gasteiger partial charge in [0.15, 0.2) is 0 Å². The molecule has 0 aromatic heterocycles. The number of hydrogen-bond acceptors (Lipinski definition) is 1. The fraction of sp³-hybridized carbons (Fsp3) is 0.941. The van der Waals surface area contributed by atoms with Crippen LogP contribution in [0.5, 0.6) is 0 Å². The SMILES string of the molecule is CC1CCC(N(C=O)C2CCC(C(C)C)CC2)CC1. The van der Waals surface area contributed by atoms with E-state index in [2.05, 4.69) is 25.7 Å². The average Bonchev–Trinajstić information content (AvgIpc) is 2.42. The van der Waals surface area contributed by atoms with Gasteiger partial charge in [0, 0.05) is 12.1 Å². The molecule has 0 aromatic rings. The van der Waals surface area contributed by atoms with Gasteiger partial charge in [0.05, 0.1) is 0 Å². The van der Waals surface area contributed by atoms with E-state index >= 15 is 0 Å². The molecule has 0 atom stereocenters. The molecule has 0 bridgehead atoms. The van der Waals surface area contributed by atoms with Crippen LogP contribution < -0.4 is 0 Å². The zero-order valence-corrected chi connectivity index (χ0v) is 13.0. The first-order chi connectivity index (χ1) is 9.11. The molecule has 19 heavy (non-hydrogen) atoms. The summed E-state index contributed by atoms with van der Waals surface area (Å²) in [4.78, 5) is 13.7. The van der Waals surface area contributed by atoms with E-state index in [-0.39, 0.29) is 0 Å². The van der Waals surface area contributed by atoms with E-state index in [1.807, 2.05) is 0 Å². The average molecular weight is 265 g/mol. The molecular formula is C17H31NO. The molecule has 0 radical (unpaired) electrons. The third-order valence-electron chi connectivity index (χ3n) is 5.63. The van der Waals surface area contributed by atoms with Crippen molar-refractivity contribution in [3.8, 4) is 0 Å². The molecule has 1 amide bonds. The third-order valence-corrected chi connectivity index (χ3v) is 5.63. The monoisotopic (exact) mass is 265 g/mol. The Balaban J connectivity index is 1.87. The van der Waals surface area contributed by atoms with Crippen molar-refractivity contribution in [2.45, 2.75) is 84.2 Å². The Hall–Kier alpha value is -0.530. The Bertz CT molecular complexity index is 273. The van der Waals surface area contributed by atoms with Gasteiger partial charge in [-0.15, -0.1) is 0 Å². The third kappa shape index (κ3) is 3.73. The van der Waals surface area contributed by atoms with Crippen LogP contribution in [0.4, 0.5) is 0 Å². The quantitative estimate of drug-likeness (QED) is 0.696. The fourth-order valence-electron chi connectivity index (χ4n) is 4.08. The molecule has 2 aliphatic rings. The van der Waals surface area contributed by atoms with E-state index in [0.717, 1.165) is 24.2 Å². The smallest absolute Gasteiger partial charge is 0.210 e. The van der Waals surface area contributed by atoms with Gasteiger partial charge in [0.1, 0.15) is 0 Å². The first-order valence-corrected chi connectivity index (χ1v) is 8.34. The first-order valence-electron chi connectivity index (χ1n) is 8.34. The molecule has 0 saturated heterocycles. The molecule has 2 rings (SSSR count). The Morgan fingerprint density at radius 3 is 1.79 bits per heavy atom. The van der Waals surface area contributed by atoms with Crippen molar-refractivity contribution in [3.05, 3.63) is 0 Å². The normalized spacial score (nSPS) is 36.2. The van der Waals surface area contributed by atoms with Crippen molar-refractivity contribution in [2.75, 3.05) is 0 Å². The van der Waals surface area contributed by atoms with Gasteiger partial charge in [0.2, 0.25) is 6.41 Å². The van der Waals surface area contributed by atoms with Gasteiger partial charge in [0.25, 0.3) is 0 Å². The van der Waals surface area contributed by atoms with Crippen LogP contribution in [0, 0.1) is 17.8 Å². The lowest BCUT2D eigenvalue weighted by atomic mass is 9.78. The van der Waals surface area contributed by atoms with Gasteiger partial charge < -0.3 is 4.90 Å². The van der Waals surface area contributed by atoms with Crippen molar-refractivity contribution in [3.63, 3.8) is 0 Å². The van der Waals surface area contributed by atoms with E-state index in [0.29, 0.717) is 12.1 Å². The minimum Gasteiger partial charge on any atom is -0.339 e. The second kappa shape index (κ2) is 6.76. The maximum Gasteiger partial charge on any atom is 0.210 e. The maximum absolute atomic E-state index is 11.5. The molecule has 2 nitrogen and oxygen atoms in total. The van der Waals surface area contributed by atoms with Gasteiger partial charge in [-0.1, -0.05) is 20.8 Å². The standard InChI is InChI=1S/C17H31NO/c1-13(2)15-6-10-17(11-7-15)18(12-19)16-8-4-14(3)5-9-16/h12-17H,4-11H2,1-3H3. The number of amides is 1. The molecule has 2 heteroatoms. The van der Waals surface area contributed by atoms with E-state index in [1.54, 1.807) is 0 Å². The molecule has 110 valence electrons. The summed E-state index contributed by atoms with van der Waals surface area (Å²) in [7, 11) is 0. The molecule has 2 fully saturated rings. The van der Waals surface area contributed by atoms with Gasteiger partial charge in [-0.25, -0.2) is 0 Å². The highest BCUT2D eigenvalue weighted by Crippen LogP contribution is 2.35. The minimum absolute atomic E-state index is 0.533. The molecule has 2 aliphatic carbocycles. The van der Waals surface area contributed by atoms with Gasteiger partial charge in [-0.3, -0.25) is 4.79 Å². The van der Waals surface area contributed by atoms with E-state index in [9.17, 15) is 4.79 Å². The lowest BCUT2D eigenvalue weighted by Gasteiger charge is -2.42. The van der Waals surface area contributed by atoms with Crippen LogP contribution in [0.2, 0.25) is 0 Å². The van der Waals surface area contributed by atoms with Crippen molar-refractivity contribution >= 4 is 6.41 Å². The van der Waals surface area contributed by atoms with Gasteiger partial charge >= 0.3 is 0 Å². The Morgan fingerprint density at radius 2 is 1.37 bits per heavy atom. The summed E-state index contributed by atoms with van der Waals surface area (Å²) in [6.07, 6.45) is 11.3. The maximum atomic E-state index is 11.5. The fourth-order valence-corrected chi connectivity index (χ4v) is 4.08. The highest BCUT2D eigenvalue weighted by molar-refractivity contribution is 5.48. The summed E-state index contributed by atoms with van der Waals surface area (Å²) in [5.74, 6) is 2.55. The van der Waals surface area contributed by atoms with Crippen molar-refractivity contribution in [2.24, 2.45) is 17.8 Å². The molecule has 0 aromatic carbocycles. The summed E-state index contributed by atoms with van der Waals surface area (Å²) >= 11 is 0. The zero-order valence-electron chi connectivity index (χ0n) is 13.0.